The highest BCUT2D eigenvalue weighted by Crippen LogP contribution is 2.51. The predicted octanol–water partition coefficient (Wildman–Crippen LogP) is 4.28. The van der Waals surface area contributed by atoms with E-state index in [1.54, 1.807) is 25.3 Å². The Morgan fingerprint density at radius 3 is 2.88 bits per heavy atom. The second-order valence-corrected chi connectivity index (χ2v) is 7.12. The van der Waals surface area contributed by atoms with Crippen LogP contribution >= 0.6 is 24.0 Å². The number of fused-ring (bicyclic) bond motifs is 1. The highest BCUT2D eigenvalue weighted by molar-refractivity contribution is 8.23. The minimum Gasteiger partial charge on any atom is -0.469 e. The maximum atomic E-state index is 12.3. The normalized spacial score (nSPS) is 18.5. The number of benzene rings is 1. The molecule has 0 unspecified atom stereocenters. The molecule has 0 bridgehead atoms. The molecule has 1 aromatic carbocycles. The summed E-state index contributed by atoms with van der Waals surface area (Å²) in [7, 11) is 0. The molecule has 0 aliphatic carbocycles. The average molecular weight is 357 g/mol. The Morgan fingerprint density at radius 1 is 1.42 bits per heavy atom. The van der Waals surface area contributed by atoms with E-state index in [2.05, 4.69) is 6.07 Å². The van der Waals surface area contributed by atoms with Crippen molar-refractivity contribution in [1.29, 1.82) is 5.26 Å². The van der Waals surface area contributed by atoms with Crippen LogP contribution in [0.25, 0.3) is 0 Å². The Bertz CT molecular complexity index is 795. The first-order valence-corrected chi connectivity index (χ1v) is 8.80. The predicted molar refractivity (Wildman–Crippen MR) is 94.8 cm³/mol. The fraction of sp³-hybridized carbons (Fsp3) is 0.278. The lowest BCUT2D eigenvalue weighted by Gasteiger charge is -2.25. The number of furan rings is 1. The van der Waals surface area contributed by atoms with Crippen molar-refractivity contribution in [2.24, 2.45) is 5.92 Å². The van der Waals surface area contributed by atoms with Crippen LogP contribution in [0.3, 0.4) is 0 Å². The van der Waals surface area contributed by atoms with Gasteiger partial charge >= 0.3 is 5.97 Å². The number of hydrogen-bond acceptors (Lipinski definition) is 6. The highest BCUT2D eigenvalue weighted by Gasteiger charge is 2.44. The van der Waals surface area contributed by atoms with Crippen molar-refractivity contribution in [2.45, 2.75) is 23.7 Å². The number of thiocarbonyl (C=S) groups is 1. The molecule has 0 saturated heterocycles. The van der Waals surface area contributed by atoms with Crippen LogP contribution in [0.5, 0.6) is 0 Å². The Labute approximate surface area is 149 Å². The molecule has 24 heavy (non-hydrogen) atoms. The lowest BCUT2D eigenvalue weighted by atomic mass is 9.77. The SMILES string of the molecule is CCOC(=O)[C@H](C#N)[C@H](c1ccco1)[C@H]1C(=S)Sc2ccccc21. The van der Waals surface area contributed by atoms with Gasteiger partial charge in [-0.15, -0.1) is 0 Å². The minimum absolute atomic E-state index is 0.225. The van der Waals surface area contributed by atoms with Crippen LogP contribution in [0.15, 0.2) is 52.0 Å². The van der Waals surface area contributed by atoms with Crippen molar-refractivity contribution in [3.05, 3.63) is 54.0 Å². The molecule has 3 atom stereocenters. The summed E-state index contributed by atoms with van der Waals surface area (Å²) in [6.07, 6.45) is 1.54. The number of rotatable bonds is 5. The second kappa shape index (κ2) is 7.20. The van der Waals surface area contributed by atoms with E-state index < -0.39 is 17.8 Å². The van der Waals surface area contributed by atoms with Gasteiger partial charge in [0, 0.05) is 10.8 Å². The summed E-state index contributed by atoms with van der Waals surface area (Å²) in [6.45, 7) is 1.95. The lowest BCUT2D eigenvalue weighted by Crippen LogP contribution is -2.28. The van der Waals surface area contributed by atoms with Crippen molar-refractivity contribution in [3.8, 4) is 6.07 Å². The number of carbonyl (C=O) groups excluding carboxylic acids is 1. The molecule has 0 N–H and O–H groups in total. The maximum Gasteiger partial charge on any atom is 0.324 e. The van der Waals surface area contributed by atoms with Gasteiger partial charge in [0.1, 0.15) is 5.76 Å². The average Bonchev–Trinajstić information content (AvgIpc) is 3.20. The number of ether oxygens (including phenoxy) is 1. The fourth-order valence-corrected chi connectivity index (χ4v) is 4.60. The molecule has 2 aromatic rings. The number of nitriles is 1. The molecule has 1 aromatic heterocycles. The fourth-order valence-electron chi connectivity index (χ4n) is 2.98. The van der Waals surface area contributed by atoms with E-state index in [4.69, 9.17) is 21.4 Å². The molecule has 6 heteroatoms. The molecule has 3 rings (SSSR count). The smallest absolute Gasteiger partial charge is 0.324 e. The van der Waals surface area contributed by atoms with E-state index in [0.717, 1.165) is 14.7 Å². The molecule has 0 radical (unpaired) electrons. The van der Waals surface area contributed by atoms with Crippen LogP contribution in [0.4, 0.5) is 0 Å². The summed E-state index contributed by atoms with van der Waals surface area (Å²) < 4.78 is 11.4. The van der Waals surface area contributed by atoms with Crippen LogP contribution in [0, 0.1) is 17.2 Å². The van der Waals surface area contributed by atoms with Gasteiger partial charge in [0.05, 0.1) is 29.1 Å². The van der Waals surface area contributed by atoms with Crippen molar-refractivity contribution in [2.75, 3.05) is 6.61 Å². The van der Waals surface area contributed by atoms with Gasteiger partial charge in [-0.1, -0.05) is 42.2 Å². The van der Waals surface area contributed by atoms with Gasteiger partial charge in [-0.2, -0.15) is 5.26 Å². The van der Waals surface area contributed by atoms with Crippen molar-refractivity contribution in [3.63, 3.8) is 0 Å². The minimum atomic E-state index is -0.981. The second-order valence-electron chi connectivity index (χ2n) is 5.34. The monoisotopic (exact) mass is 357 g/mol. The molecular formula is C18H15NO3S2. The number of hydrogen-bond donors (Lipinski definition) is 0. The summed E-state index contributed by atoms with van der Waals surface area (Å²) in [5.74, 6) is -1.71. The zero-order valence-corrected chi connectivity index (χ0v) is 14.6. The van der Waals surface area contributed by atoms with Gasteiger partial charge in [-0.05, 0) is 30.7 Å². The summed E-state index contributed by atoms with van der Waals surface area (Å²) >= 11 is 7.08. The van der Waals surface area contributed by atoms with E-state index in [1.165, 1.54) is 11.8 Å². The van der Waals surface area contributed by atoms with Gasteiger partial charge in [0.25, 0.3) is 0 Å². The van der Waals surface area contributed by atoms with Crippen molar-refractivity contribution < 1.29 is 13.9 Å². The zero-order chi connectivity index (χ0) is 17.1. The van der Waals surface area contributed by atoms with Crippen molar-refractivity contribution in [1.82, 2.24) is 0 Å². The third-order valence-corrected chi connectivity index (χ3v) is 5.54. The van der Waals surface area contributed by atoms with Gasteiger partial charge in [-0.3, -0.25) is 4.79 Å². The van der Waals surface area contributed by atoms with Gasteiger partial charge < -0.3 is 9.15 Å². The Balaban J connectivity index is 2.08. The molecule has 1 aliphatic heterocycles. The van der Waals surface area contributed by atoms with Crippen LogP contribution in [-0.4, -0.2) is 16.8 Å². The third kappa shape index (κ3) is 2.97. The van der Waals surface area contributed by atoms with E-state index in [9.17, 15) is 10.1 Å². The van der Waals surface area contributed by atoms with Crippen LogP contribution in [0.2, 0.25) is 0 Å². The number of thioether (sulfide) groups is 1. The van der Waals surface area contributed by atoms with Crippen LogP contribution in [0.1, 0.15) is 30.1 Å². The zero-order valence-electron chi connectivity index (χ0n) is 13.0. The largest absolute Gasteiger partial charge is 0.469 e. The van der Waals surface area contributed by atoms with Crippen molar-refractivity contribution >= 4 is 34.1 Å². The number of carbonyl (C=O) groups is 1. The van der Waals surface area contributed by atoms with E-state index in [1.807, 2.05) is 24.3 Å². The molecule has 122 valence electrons. The molecule has 1 aliphatic rings. The quantitative estimate of drug-likeness (QED) is 0.588. The van der Waals surface area contributed by atoms with E-state index >= 15 is 0 Å². The van der Waals surface area contributed by atoms with Gasteiger partial charge in [0.2, 0.25) is 0 Å². The van der Waals surface area contributed by atoms with E-state index in [0.29, 0.717) is 5.76 Å². The Hall–Kier alpha value is -2.10. The molecule has 4 nitrogen and oxygen atoms in total. The van der Waals surface area contributed by atoms with Gasteiger partial charge in [0.15, 0.2) is 5.92 Å². The highest BCUT2D eigenvalue weighted by atomic mass is 32.2. The Morgan fingerprint density at radius 2 is 2.21 bits per heavy atom. The molecule has 0 fully saturated rings. The van der Waals surface area contributed by atoms with Crippen LogP contribution < -0.4 is 0 Å². The van der Waals surface area contributed by atoms with Gasteiger partial charge in [-0.25, -0.2) is 0 Å². The first kappa shape index (κ1) is 16.7. The summed E-state index contributed by atoms with van der Waals surface area (Å²) in [5, 5.41) is 9.64. The van der Waals surface area contributed by atoms with E-state index in [-0.39, 0.29) is 12.5 Å². The molecule has 0 spiro atoms. The standard InChI is InChI=1S/C18H15NO3S2/c1-2-21-17(20)12(10-19)15(13-7-5-9-22-13)16-11-6-3-4-8-14(11)24-18(16)23/h3-9,12,15-16H,2H2,1H3/t12-,15-,16+/m1/s1. The summed E-state index contributed by atoms with van der Waals surface area (Å²) in [6, 6.07) is 13.5. The summed E-state index contributed by atoms with van der Waals surface area (Å²) in [5.41, 5.74) is 1.03. The topological polar surface area (TPSA) is 63.2 Å². The molecule has 0 amide bonds. The summed E-state index contributed by atoms with van der Waals surface area (Å²) in [4.78, 5) is 13.4. The molecular weight excluding hydrogens is 342 g/mol. The maximum absolute atomic E-state index is 12.3. The first-order chi connectivity index (χ1) is 11.7. The third-order valence-electron chi connectivity index (χ3n) is 3.99. The lowest BCUT2D eigenvalue weighted by molar-refractivity contribution is -0.146. The number of nitrogens with zero attached hydrogens (tertiary/aromatic N) is 1. The van der Waals surface area contributed by atoms with Crippen LogP contribution in [-0.2, 0) is 9.53 Å². The Kier molecular flexibility index (Phi) is 5.03. The molecule has 2 heterocycles. The molecule has 0 saturated carbocycles. The first-order valence-electron chi connectivity index (χ1n) is 7.57. The number of esters is 1.